The molecule has 0 aliphatic rings. The molecule has 0 spiro atoms. The van der Waals surface area contributed by atoms with Crippen LogP contribution in [0.2, 0.25) is 0 Å². The first-order chi connectivity index (χ1) is 13.4. The van der Waals surface area contributed by atoms with Gasteiger partial charge in [-0.2, -0.15) is 0 Å². The van der Waals surface area contributed by atoms with Crippen molar-refractivity contribution in [2.24, 2.45) is 5.92 Å². The van der Waals surface area contributed by atoms with Crippen LogP contribution in [0.5, 0.6) is 5.75 Å². The number of hydrogen-bond acceptors (Lipinski definition) is 6. The third-order valence-electron chi connectivity index (χ3n) is 4.34. The van der Waals surface area contributed by atoms with Gasteiger partial charge in [-0.1, -0.05) is 13.0 Å². The zero-order valence-corrected chi connectivity index (χ0v) is 20.2. The van der Waals surface area contributed by atoms with Crippen molar-refractivity contribution < 1.29 is 28.6 Å². The minimum absolute atomic E-state index is 0.0381. The van der Waals surface area contributed by atoms with Crippen LogP contribution in [-0.2, 0) is 19.1 Å². The number of amides is 1. The van der Waals surface area contributed by atoms with Crippen molar-refractivity contribution in [1.29, 1.82) is 0 Å². The number of Topliss-reactive ketones (excluding diaryl/α,β-unsaturated/α-hetero) is 1. The van der Waals surface area contributed by atoms with Crippen LogP contribution in [0.15, 0.2) is 18.2 Å². The zero-order valence-electron chi connectivity index (χ0n) is 18.1. The molecule has 0 saturated carbocycles. The highest BCUT2D eigenvalue weighted by Gasteiger charge is 2.34. The largest absolute Gasteiger partial charge is 0.496 e. The number of esters is 1. The average molecular weight is 519 g/mol. The molecular formula is C21H30INO6. The number of methoxy groups -OCH3 is 2. The van der Waals surface area contributed by atoms with E-state index in [9.17, 15) is 14.4 Å². The minimum atomic E-state index is -0.900. The molecule has 8 heteroatoms. The average Bonchev–Trinajstić information content (AvgIpc) is 2.64. The van der Waals surface area contributed by atoms with Crippen molar-refractivity contribution in [3.05, 3.63) is 27.3 Å². The highest BCUT2D eigenvalue weighted by Crippen LogP contribution is 2.30. The van der Waals surface area contributed by atoms with Gasteiger partial charge in [-0.3, -0.25) is 14.5 Å². The summed E-state index contributed by atoms with van der Waals surface area (Å²) in [5, 5.41) is 0. The molecule has 0 aliphatic carbocycles. The first kappa shape index (κ1) is 25.2. The molecule has 1 rings (SSSR count). The molecule has 29 heavy (non-hydrogen) atoms. The smallest absolute Gasteiger partial charge is 0.410 e. The molecular weight excluding hydrogens is 489 g/mol. The fraction of sp³-hybridized carbons (Fsp3) is 0.571. The Kier molecular flexibility index (Phi) is 9.38. The molecule has 0 bridgehead atoms. The summed E-state index contributed by atoms with van der Waals surface area (Å²) in [6.07, 6.45) is -0.196. The fourth-order valence-corrected chi connectivity index (χ4v) is 3.59. The Bertz CT molecular complexity index is 743. The maximum atomic E-state index is 13.2. The number of ketones is 1. The maximum Gasteiger partial charge on any atom is 0.410 e. The number of benzene rings is 1. The van der Waals surface area contributed by atoms with Gasteiger partial charge in [-0.25, -0.2) is 4.79 Å². The van der Waals surface area contributed by atoms with Crippen LogP contribution in [0.3, 0.4) is 0 Å². The molecule has 0 radical (unpaired) electrons. The van der Waals surface area contributed by atoms with Crippen molar-refractivity contribution in [2.75, 3.05) is 21.3 Å². The molecule has 1 aromatic rings. The van der Waals surface area contributed by atoms with Crippen molar-refractivity contribution in [3.63, 3.8) is 0 Å². The highest BCUT2D eigenvalue weighted by atomic mass is 127. The Balaban J connectivity index is 3.30. The third kappa shape index (κ3) is 7.17. The lowest BCUT2D eigenvalue weighted by Crippen LogP contribution is -2.40. The van der Waals surface area contributed by atoms with Crippen LogP contribution < -0.4 is 4.74 Å². The van der Waals surface area contributed by atoms with Crippen LogP contribution in [0.1, 0.15) is 52.1 Å². The summed E-state index contributed by atoms with van der Waals surface area (Å²) in [5.41, 5.74) is -0.0844. The van der Waals surface area contributed by atoms with E-state index in [0.29, 0.717) is 17.7 Å². The quantitative estimate of drug-likeness (QED) is 0.375. The van der Waals surface area contributed by atoms with Gasteiger partial charge in [0.1, 0.15) is 17.4 Å². The van der Waals surface area contributed by atoms with Gasteiger partial charge in [0.05, 0.1) is 23.7 Å². The fourth-order valence-electron chi connectivity index (χ4n) is 2.83. The monoisotopic (exact) mass is 519 g/mol. The molecule has 1 amide bonds. The lowest BCUT2D eigenvalue weighted by Gasteiger charge is -2.31. The molecule has 0 aliphatic heterocycles. The normalized spacial score (nSPS) is 13.2. The summed E-state index contributed by atoms with van der Waals surface area (Å²) in [5.74, 6) is -0.610. The van der Waals surface area contributed by atoms with Gasteiger partial charge in [0.25, 0.3) is 0 Å². The van der Waals surface area contributed by atoms with E-state index in [4.69, 9.17) is 14.2 Å². The molecule has 0 unspecified atom stereocenters. The van der Waals surface area contributed by atoms with E-state index in [-0.39, 0.29) is 12.2 Å². The number of ether oxygens (including phenoxy) is 3. The minimum Gasteiger partial charge on any atom is -0.496 e. The first-order valence-electron chi connectivity index (χ1n) is 9.34. The van der Waals surface area contributed by atoms with Gasteiger partial charge in [0, 0.05) is 13.5 Å². The number of halogens is 1. The molecule has 2 atom stereocenters. The molecule has 1 aromatic carbocycles. The SMILES string of the molecule is CC[C@H](CC(=O)[C@H](c1ccc(OC)c(I)c1)N(C)C(=O)OC(C)(C)C)C(=O)OC. The summed E-state index contributed by atoms with van der Waals surface area (Å²) >= 11 is 2.11. The van der Waals surface area contributed by atoms with Gasteiger partial charge in [0.2, 0.25) is 0 Å². The Labute approximate surface area is 186 Å². The van der Waals surface area contributed by atoms with Gasteiger partial charge >= 0.3 is 12.1 Å². The van der Waals surface area contributed by atoms with Gasteiger partial charge < -0.3 is 14.2 Å². The van der Waals surface area contributed by atoms with Crippen molar-refractivity contribution >= 4 is 40.4 Å². The van der Waals surface area contributed by atoms with Crippen LogP contribution in [0, 0.1) is 9.49 Å². The predicted molar refractivity (Wildman–Crippen MR) is 118 cm³/mol. The summed E-state index contributed by atoms with van der Waals surface area (Å²) < 4.78 is 16.3. The second-order valence-corrected chi connectivity index (χ2v) is 8.85. The number of likely N-dealkylation sites (N-methyl/N-ethyl adjacent to an activating group) is 1. The van der Waals surface area contributed by atoms with E-state index in [2.05, 4.69) is 22.6 Å². The number of hydrogen-bond donors (Lipinski definition) is 0. The Hall–Kier alpha value is -1.84. The number of rotatable bonds is 8. The van der Waals surface area contributed by atoms with Crippen LogP contribution in [-0.4, -0.2) is 49.6 Å². The summed E-state index contributed by atoms with van der Waals surface area (Å²) in [6, 6.07) is 4.38. The summed E-state index contributed by atoms with van der Waals surface area (Å²) in [7, 11) is 4.38. The van der Waals surface area contributed by atoms with Crippen molar-refractivity contribution in [1.82, 2.24) is 4.90 Å². The number of carbonyl (C=O) groups excluding carboxylic acids is 3. The van der Waals surface area contributed by atoms with Crippen LogP contribution in [0.4, 0.5) is 4.79 Å². The molecule has 7 nitrogen and oxygen atoms in total. The summed E-state index contributed by atoms with van der Waals surface area (Å²) in [6.45, 7) is 7.10. The van der Waals surface area contributed by atoms with Crippen LogP contribution >= 0.6 is 22.6 Å². The molecule has 0 heterocycles. The molecule has 0 aromatic heterocycles. The Morgan fingerprint density at radius 1 is 1.17 bits per heavy atom. The lowest BCUT2D eigenvalue weighted by atomic mass is 9.92. The third-order valence-corrected chi connectivity index (χ3v) is 5.18. The van der Waals surface area contributed by atoms with Gasteiger partial charge in [-0.05, 0) is 67.5 Å². The van der Waals surface area contributed by atoms with Crippen LogP contribution in [0.25, 0.3) is 0 Å². The van der Waals surface area contributed by atoms with E-state index < -0.39 is 29.6 Å². The Morgan fingerprint density at radius 3 is 2.24 bits per heavy atom. The Morgan fingerprint density at radius 2 is 1.79 bits per heavy atom. The second kappa shape index (κ2) is 10.8. The number of carbonyl (C=O) groups is 3. The van der Waals surface area contributed by atoms with Gasteiger partial charge in [-0.15, -0.1) is 0 Å². The van der Waals surface area contributed by atoms with E-state index in [1.807, 2.05) is 6.92 Å². The van der Waals surface area contributed by atoms with Crippen molar-refractivity contribution in [3.8, 4) is 5.75 Å². The molecule has 0 N–H and O–H groups in total. The molecule has 0 fully saturated rings. The maximum absolute atomic E-state index is 13.2. The van der Waals surface area contributed by atoms with E-state index in [1.54, 1.807) is 46.1 Å². The zero-order chi connectivity index (χ0) is 22.4. The first-order valence-corrected chi connectivity index (χ1v) is 10.4. The van der Waals surface area contributed by atoms with E-state index in [0.717, 1.165) is 3.57 Å². The van der Waals surface area contributed by atoms with E-state index in [1.165, 1.54) is 19.1 Å². The molecule has 162 valence electrons. The summed E-state index contributed by atoms with van der Waals surface area (Å²) in [4.78, 5) is 39.1. The second-order valence-electron chi connectivity index (χ2n) is 7.69. The van der Waals surface area contributed by atoms with Gasteiger partial charge in [0.15, 0.2) is 5.78 Å². The van der Waals surface area contributed by atoms with E-state index >= 15 is 0 Å². The van der Waals surface area contributed by atoms with Crippen molar-refractivity contribution in [2.45, 2.75) is 52.2 Å². The molecule has 0 saturated heterocycles. The standard InChI is InChI=1S/C21H30INO6/c1-8-13(19(25)28-7)12-16(24)18(23(5)20(26)29-21(2,3)4)14-9-10-17(27-6)15(22)11-14/h9-11,13,18H,8,12H2,1-7H3/t13-,18+/m1/s1. The lowest BCUT2D eigenvalue weighted by molar-refractivity contribution is -0.147. The number of nitrogens with zero attached hydrogens (tertiary/aromatic N) is 1. The predicted octanol–water partition coefficient (Wildman–Crippen LogP) is 4.37. The highest BCUT2D eigenvalue weighted by molar-refractivity contribution is 14.1. The topological polar surface area (TPSA) is 82.1 Å².